The van der Waals surface area contributed by atoms with Crippen molar-refractivity contribution in [1.82, 2.24) is 15.3 Å². The van der Waals surface area contributed by atoms with Crippen LogP contribution < -0.4 is 16.6 Å². The van der Waals surface area contributed by atoms with E-state index in [9.17, 15) is 14.4 Å². The van der Waals surface area contributed by atoms with Crippen LogP contribution >= 0.6 is 0 Å². The molecule has 7 heteroatoms. The number of hydrogen-bond donors (Lipinski definition) is 3. The third kappa shape index (κ3) is 4.72. The second-order valence-electron chi connectivity index (χ2n) is 7.51. The van der Waals surface area contributed by atoms with Crippen LogP contribution in [0.15, 0.2) is 29.3 Å². The molecule has 0 unspecified atom stereocenters. The standard InChI is InChI=1S/C22H24N4O3/c1-14-10-15(2)25-20(28)18(14)21(29)26-22(7-4-3-5-8-22)9-6-16-11-17(19(23)27)13-24-12-16/h10-13H,3-5,7-8H2,1-2H3,(H2,23,27)(H,25,28)(H,26,29). The number of aryl methyl sites for hydroxylation is 2. The van der Waals surface area contributed by atoms with Crippen LogP contribution in [0.25, 0.3) is 0 Å². The van der Waals surface area contributed by atoms with E-state index in [1.54, 1.807) is 32.2 Å². The van der Waals surface area contributed by atoms with Gasteiger partial charge >= 0.3 is 0 Å². The van der Waals surface area contributed by atoms with E-state index in [0.29, 0.717) is 29.7 Å². The summed E-state index contributed by atoms with van der Waals surface area (Å²) in [6, 6.07) is 3.35. The molecule has 29 heavy (non-hydrogen) atoms. The predicted molar refractivity (Wildman–Crippen MR) is 109 cm³/mol. The van der Waals surface area contributed by atoms with Crippen molar-refractivity contribution in [3.63, 3.8) is 0 Å². The van der Waals surface area contributed by atoms with Gasteiger partial charge in [0, 0.05) is 23.7 Å². The molecule has 0 bridgehead atoms. The fourth-order valence-electron chi connectivity index (χ4n) is 3.69. The molecule has 0 aliphatic heterocycles. The molecule has 1 aliphatic rings. The van der Waals surface area contributed by atoms with E-state index >= 15 is 0 Å². The van der Waals surface area contributed by atoms with Crippen LogP contribution in [-0.4, -0.2) is 27.3 Å². The molecule has 2 amide bonds. The van der Waals surface area contributed by atoms with Gasteiger partial charge in [-0.25, -0.2) is 0 Å². The number of aromatic nitrogens is 2. The van der Waals surface area contributed by atoms with Gasteiger partial charge in [0.2, 0.25) is 5.91 Å². The Hall–Kier alpha value is -3.40. The minimum absolute atomic E-state index is 0.111. The summed E-state index contributed by atoms with van der Waals surface area (Å²) in [7, 11) is 0. The zero-order valence-corrected chi connectivity index (χ0v) is 16.6. The molecular formula is C22H24N4O3. The van der Waals surface area contributed by atoms with Crippen molar-refractivity contribution in [2.75, 3.05) is 0 Å². The van der Waals surface area contributed by atoms with Crippen molar-refractivity contribution in [3.8, 4) is 11.8 Å². The normalized spacial score (nSPS) is 15.1. The third-order valence-electron chi connectivity index (χ3n) is 5.12. The van der Waals surface area contributed by atoms with E-state index in [-0.39, 0.29) is 11.1 Å². The van der Waals surface area contributed by atoms with Crippen LogP contribution in [-0.2, 0) is 0 Å². The number of nitrogens with zero attached hydrogens (tertiary/aromatic N) is 1. The van der Waals surface area contributed by atoms with Gasteiger partial charge in [-0.1, -0.05) is 31.1 Å². The number of rotatable bonds is 3. The summed E-state index contributed by atoms with van der Waals surface area (Å²) in [6.07, 6.45) is 7.25. The molecule has 1 saturated carbocycles. The number of primary amides is 1. The molecule has 0 aromatic carbocycles. The van der Waals surface area contributed by atoms with Crippen molar-refractivity contribution in [3.05, 3.63) is 62.8 Å². The summed E-state index contributed by atoms with van der Waals surface area (Å²) in [6.45, 7) is 3.52. The number of H-pyrrole nitrogens is 1. The molecule has 0 saturated heterocycles. The second kappa shape index (κ2) is 8.31. The Labute approximate surface area is 169 Å². The van der Waals surface area contributed by atoms with Crippen molar-refractivity contribution >= 4 is 11.8 Å². The molecule has 0 atom stereocenters. The summed E-state index contributed by atoms with van der Waals surface area (Å²) in [4.78, 5) is 43.3. The third-order valence-corrected chi connectivity index (χ3v) is 5.12. The number of nitrogens with one attached hydrogen (secondary N) is 2. The number of amides is 2. The summed E-state index contributed by atoms with van der Waals surface area (Å²) >= 11 is 0. The van der Waals surface area contributed by atoms with Crippen molar-refractivity contribution in [2.24, 2.45) is 5.73 Å². The lowest BCUT2D eigenvalue weighted by atomic mass is 9.81. The van der Waals surface area contributed by atoms with Gasteiger partial charge in [-0.15, -0.1) is 0 Å². The minimum atomic E-state index is -0.734. The SMILES string of the molecule is Cc1cc(C)c(C(=O)NC2(C#Cc3cncc(C(N)=O)c3)CCCCC2)c(=O)[nH]1. The lowest BCUT2D eigenvalue weighted by Gasteiger charge is -2.33. The van der Waals surface area contributed by atoms with Gasteiger partial charge < -0.3 is 16.0 Å². The summed E-state index contributed by atoms with van der Waals surface area (Å²) < 4.78 is 0. The van der Waals surface area contributed by atoms with E-state index in [1.165, 1.54) is 6.20 Å². The first-order valence-corrected chi connectivity index (χ1v) is 9.61. The van der Waals surface area contributed by atoms with Gasteiger partial charge in [-0.2, -0.15) is 0 Å². The summed E-state index contributed by atoms with van der Waals surface area (Å²) in [5.74, 6) is 5.21. The Bertz CT molecular complexity index is 1070. The highest BCUT2D eigenvalue weighted by Crippen LogP contribution is 2.28. The average Bonchev–Trinajstić information content (AvgIpc) is 2.66. The summed E-state index contributed by atoms with van der Waals surface area (Å²) in [5.41, 5.74) is 6.43. The van der Waals surface area contributed by atoms with Gasteiger partial charge in [0.15, 0.2) is 0 Å². The fourth-order valence-corrected chi connectivity index (χ4v) is 3.69. The van der Waals surface area contributed by atoms with E-state index in [1.807, 2.05) is 0 Å². The van der Waals surface area contributed by atoms with E-state index in [4.69, 9.17) is 5.73 Å². The van der Waals surface area contributed by atoms with Crippen molar-refractivity contribution < 1.29 is 9.59 Å². The molecule has 2 aromatic heterocycles. The van der Waals surface area contributed by atoms with Gasteiger partial charge in [-0.05, 0) is 44.4 Å². The zero-order chi connectivity index (χ0) is 21.0. The minimum Gasteiger partial charge on any atom is -0.366 e. The number of pyridine rings is 2. The molecule has 1 fully saturated rings. The van der Waals surface area contributed by atoms with Crippen LogP contribution in [0.2, 0.25) is 0 Å². The smallest absolute Gasteiger partial charge is 0.261 e. The average molecular weight is 392 g/mol. The van der Waals surface area contributed by atoms with E-state index in [2.05, 4.69) is 27.1 Å². The van der Waals surface area contributed by atoms with Gasteiger partial charge in [-0.3, -0.25) is 19.4 Å². The molecule has 3 rings (SSSR count). The maximum absolute atomic E-state index is 13.0. The molecule has 2 aromatic rings. The van der Waals surface area contributed by atoms with Crippen molar-refractivity contribution in [2.45, 2.75) is 51.5 Å². The number of nitrogens with two attached hydrogens (primary N) is 1. The van der Waals surface area contributed by atoms with Crippen molar-refractivity contribution in [1.29, 1.82) is 0 Å². The van der Waals surface area contributed by atoms with E-state index in [0.717, 1.165) is 19.3 Å². The molecule has 150 valence electrons. The van der Waals surface area contributed by atoms with Crippen LogP contribution in [0, 0.1) is 25.7 Å². The monoisotopic (exact) mass is 392 g/mol. The first-order chi connectivity index (χ1) is 13.8. The quantitative estimate of drug-likeness (QED) is 0.692. The number of carbonyl (C=O) groups excluding carboxylic acids is 2. The number of aromatic amines is 1. The van der Waals surface area contributed by atoms with Crippen LogP contribution in [0.4, 0.5) is 0 Å². The lowest BCUT2D eigenvalue weighted by Crippen LogP contribution is -2.50. The van der Waals surface area contributed by atoms with Gasteiger partial charge in [0.1, 0.15) is 11.1 Å². The molecule has 1 aliphatic carbocycles. The number of carbonyl (C=O) groups is 2. The Balaban J connectivity index is 1.93. The molecular weight excluding hydrogens is 368 g/mol. The first kappa shape index (κ1) is 20.3. The highest BCUT2D eigenvalue weighted by atomic mass is 16.2. The molecule has 7 nitrogen and oxygen atoms in total. The highest BCUT2D eigenvalue weighted by Gasteiger charge is 2.33. The second-order valence-corrected chi connectivity index (χ2v) is 7.51. The molecule has 0 spiro atoms. The molecule has 0 radical (unpaired) electrons. The maximum Gasteiger partial charge on any atom is 0.261 e. The van der Waals surface area contributed by atoms with Crippen LogP contribution in [0.3, 0.4) is 0 Å². The Morgan fingerprint density at radius 1 is 1.17 bits per heavy atom. The molecule has 2 heterocycles. The predicted octanol–water partition coefficient (Wildman–Crippen LogP) is 1.97. The van der Waals surface area contributed by atoms with E-state index < -0.39 is 22.9 Å². The summed E-state index contributed by atoms with van der Waals surface area (Å²) in [5, 5.41) is 3.01. The number of hydrogen-bond acceptors (Lipinski definition) is 4. The van der Waals surface area contributed by atoms with Gasteiger partial charge in [0.25, 0.3) is 11.5 Å². The maximum atomic E-state index is 13.0. The first-order valence-electron chi connectivity index (χ1n) is 9.61. The zero-order valence-electron chi connectivity index (χ0n) is 16.6. The highest BCUT2D eigenvalue weighted by molar-refractivity contribution is 5.96. The Morgan fingerprint density at radius 3 is 2.55 bits per heavy atom. The Morgan fingerprint density at radius 2 is 1.90 bits per heavy atom. The van der Waals surface area contributed by atoms with Crippen LogP contribution in [0.1, 0.15) is 69.6 Å². The fraction of sp³-hybridized carbons (Fsp3) is 0.364. The lowest BCUT2D eigenvalue weighted by molar-refractivity contribution is 0.0901. The largest absolute Gasteiger partial charge is 0.366 e. The Kier molecular flexibility index (Phi) is 5.83. The molecule has 4 N–H and O–H groups in total. The topological polar surface area (TPSA) is 118 Å². The van der Waals surface area contributed by atoms with Crippen LogP contribution in [0.5, 0.6) is 0 Å². The van der Waals surface area contributed by atoms with Gasteiger partial charge in [0.05, 0.1) is 5.56 Å².